The zero-order valence-electron chi connectivity index (χ0n) is 20.0. The van der Waals surface area contributed by atoms with E-state index in [-0.39, 0.29) is 18.4 Å². The minimum Gasteiger partial charge on any atom is -0.494 e. The molecule has 0 bridgehead atoms. The average molecular weight is 571 g/mol. The number of rotatable bonds is 10. The fourth-order valence-corrected chi connectivity index (χ4v) is 4.64. The summed E-state index contributed by atoms with van der Waals surface area (Å²) in [5, 5.41) is 7.15. The van der Waals surface area contributed by atoms with Crippen LogP contribution in [0, 0.1) is 0 Å². The maximum atomic E-state index is 13.3. The largest absolute Gasteiger partial charge is 0.494 e. The Morgan fingerprint density at radius 2 is 2.00 bits per heavy atom. The predicted molar refractivity (Wildman–Crippen MR) is 148 cm³/mol. The highest BCUT2D eigenvalue weighted by Gasteiger charge is 2.32. The van der Waals surface area contributed by atoms with Crippen LogP contribution >= 0.6 is 28.1 Å². The molecule has 0 spiro atoms. The van der Waals surface area contributed by atoms with Gasteiger partial charge in [0.25, 0.3) is 5.91 Å². The zero-order chi connectivity index (χ0) is 25.7. The van der Waals surface area contributed by atoms with Crippen molar-refractivity contribution < 1.29 is 19.1 Å². The van der Waals surface area contributed by atoms with E-state index in [1.165, 1.54) is 4.90 Å². The molecule has 36 heavy (non-hydrogen) atoms. The molecule has 2 heterocycles. The fourth-order valence-electron chi connectivity index (χ4n) is 3.98. The van der Waals surface area contributed by atoms with E-state index < -0.39 is 0 Å². The number of anilines is 1. The summed E-state index contributed by atoms with van der Waals surface area (Å²) in [4.78, 5) is 27.2. The van der Waals surface area contributed by atoms with Gasteiger partial charge in [-0.1, -0.05) is 15.9 Å². The molecule has 1 saturated heterocycles. The van der Waals surface area contributed by atoms with E-state index >= 15 is 0 Å². The lowest BCUT2D eigenvalue weighted by molar-refractivity contribution is -0.121. The standard InChI is InChI=1S/C26H27BrN4O4S/c1-3-35-20-8-6-19(7-9-20)31-25(33)22(29-26(31)36)13-17-15-30(16-24(32)28-11-4-12-34-2)23-10-5-18(27)14-21(17)23/h5-10,13-15H,3-4,11-12,16H2,1-2H3,(H,28,32)(H,29,36)/b22-13-. The van der Waals surface area contributed by atoms with Crippen molar-refractivity contribution in [1.82, 2.24) is 15.2 Å². The number of halogens is 1. The zero-order valence-corrected chi connectivity index (χ0v) is 22.4. The SMILES string of the molecule is CCOc1ccc(N2C(=O)/C(=C/c3cn(CC(=O)NCCCOC)c4ccc(Br)cc34)NC2=S)cc1. The van der Waals surface area contributed by atoms with E-state index in [2.05, 4.69) is 26.6 Å². The van der Waals surface area contributed by atoms with Gasteiger partial charge >= 0.3 is 0 Å². The van der Waals surface area contributed by atoms with Gasteiger partial charge in [0, 0.05) is 47.4 Å². The number of benzene rings is 2. The molecule has 0 radical (unpaired) electrons. The van der Waals surface area contributed by atoms with Crippen LogP contribution in [0.4, 0.5) is 5.69 Å². The van der Waals surface area contributed by atoms with E-state index in [4.69, 9.17) is 21.7 Å². The molecule has 0 aliphatic carbocycles. The van der Waals surface area contributed by atoms with Gasteiger partial charge in [0.2, 0.25) is 5.91 Å². The number of hydrogen-bond donors (Lipinski definition) is 2. The number of nitrogens with zero attached hydrogens (tertiary/aromatic N) is 2. The lowest BCUT2D eigenvalue weighted by atomic mass is 10.1. The molecule has 1 aliphatic rings. The Morgan fingerprint density at radius 3 is 2.72 bits per heavy atom. The van der Waals surface area contributed by atoms with Crippen LogP contribution in [-0.4, -0.2) is 48.4 Å². The van der Waals surface area contributed by atoms with Gasteiger partial charge in [-0.25, -0.2) is 0 Å². The smallest absolute Gasteiger partial charge is 0.281 e. The van der Waals surface area contributed by atoms with Crippen LogP contribution < -0.4 is 20.3 Å². The number of nitrogens with one attached hydrogen (secondary N) is 2. The number of ether oxygens (including phenoxy) is 2. The fraction of sp³-hybridized carbons (Fsp3) is 0.269. The third kappa shape index (κ3) is 5.77. The Bertz CT molecular complexity index is 1320. The van der Waals surface area contributed by atoms with Crippen molar-refractivity contribution >= 4 is 67.7 Å². The number of carbonyl (C=O) groups is 2. The van der Waals surface area contributed by atoms with Gasteiger partial charge in [-0.15, -0.1) is 0 Å². The Kier molecular flexibility index (Phi) is 8.40. The van der Waals surface area contributed by atoms with Crippen molar-refractivity contribution in [3.8, 4) is 5.75 Å². The van der Waals surface area contributed by atoms with Crippen LogP contribution in [-0.2, 0) is 20.9 Å². The van der Waals surface area contributed by atoms with Gasteiger partial charge < -0.3 is 24.7 Å². The molecule has 1 fully saturated rings. The Morgan fingerprint density at radius 1 is 1.22 bits per heavy atom. The molecular formula is C26H27BrN4O4S. The molecule has 0 saturated carbocycles. The summed E-state index contributed by atoms with van der Waals surface area (Å²) in [5.74, 6) is 0.377. The minimum atomic E-state index is -0.254. The maximum Gasteiger partial charge on any atom is 0.281 e. The summed E-state index contributed by atoms with van der Waals surface area (Å²) in [6.45, 7) is 3.78. The van der Waals surface area contributed by atoms with Gasteiger partial charge in [-0.3, -0.25) is 14.5 Å². The number of hydrogen-bond acceptors (Lipinski definition) is 5. The normalized spacial score (nSPS) is 14.5. The van der Waals surface area contributed by atoms with E-state index in [1.807, 2.05) is 48.0 Å². The third-order valence-electron chi connectivity index (χ3n) is 5.62. The third-order valence-corrected chi connectivity index (χ3v) is 6.40. The first-order valence-corrected chi connectivity index (χ1v) is 12.8. The summed E-state index contributed by atoms with van der Waals surface area (Å²) >= 11 is 8.99. The van der Waals surface area contributed by atoms with E-state index in [0.717, 1.165) is 33.1 Å². The van der Waals surface area contributed by atoms with E-state index in [0.29, 0.717) is 36.3 Å². The van der Waals surface area contributed by atoms with Crippen molar-refractivity contribution in [1.29, 1.82) is 0 Å². The molecule has 3 aromatic rings. The topological polar surface area (TPSA) is 84.8 Å². The minimum absolute atomic E-state index is 0.0944. The van der Waals surface area contributed by atoms with E-state index in [1.54, 1.807) is 25.3 Å². The van der Waals surface area contributed by atoms with E-state index in [9.17, 15) is 9.59 Å². The Balaban J connectivity index is 1.59. The summed E-state index contributed by atoms with van der Waals surface area (Å²) < 4.78 is 13.3. The van der Waals surface area contributed by atoms with Gasteiger partial charge in [0.15, 0.2) is 5.11 Å². The van der Waals surface area contributed by atoms with Crippen LogP contribution in [0.2, 0.25) is 0 Å². The number of aromatic nitrogens is 1. The van der Waals surface area contributed by atoms with Crippen LogP contribution in [0.1, 0.15) is 18.9 Å². The lowest BCUT2D eigenvalue weighted by Gasteiger charge is -2.14. The molecule has 10 heteroatoms. The molecule has 1 aliphatic heterocycles. The first kappa shape index (κ1) is 25.9. The number of thiocarbonyl (C=S) groups is 1. The van der Waals surface area contributed by atoms with Crippen molar-refractivity contribution in [2.75, 3.05) is 31.8 Å². The molecule has 2 N–H and O–H groups in total. The van der Waals surface area contributed by atoms with Crippen molar-refractivity contribution in [2.24, 2.45) is 0 Å². The highest BCUT2D eigenvalue weighted by Crippen LogP contribution is 2.29. The monoisotopic (exact) mass is 570 g/mol. The Hall–Kier alpha value is -3.21. The summed E-state index contributed by atoms with van der Waals surface area (Å²) in [6.07, 6.45) is 4.39. The molecule has 0 atom stereocenters. The average Bonchev–Trinajstić information content (AvgIpc) is 3.33. The van der Waals surface area contributed by atoms with Crippen LogP contribution in [0.25, 0.3) is 17.0 Å². The quantitative estimate of drug-likeness (QED) is 0.216. The van der Waals surface area contributed by atoms with Crippen molar-refractivity contribution in [3.63, 3.8) is 0 Å². The van der Waals surface area contributed by atoms with Gasteiger partial charge in [0.05, 0.1) is 12.3 Å². The number of methoxy groups -OCH3 is 1. The predicted octanol–water partition coefficient (Wildman–Crippen LogP) is 4.22. The molecule has 2 aromatic carbocycles. The number of carbonyl (C=O) groups excluding carboxylic acids is 2. The van der Waals surface area contributed by atoms with Gasteiger partial charge in [-0.05, 0) is 74.1 Å². The lowest BCUT2D eigenvalue weighted by Crippen LogP contribution is -2.30. The molecule has 0 unspecified atom stereocenters. The Labute approximate surface area is 223 Å². The number of amides is 2. The highest BCUT2D eigenvalue weighted by molar-refractivity contribution is 9.10. The maximum absolute atomic E-state index is 13.3. The molecule has 1 aromatic heterocycles. The van der Waals surface area contributed by atoms with Crippen LogP contribution in [0.3, 0.4) is 0 Å². The van der Waals surface area contributed by atoms with Gasteiger partial charge in [-0.2, -0.15) is 0 Å². The van der Waals surface area contributed by atoms with Gasteiger partial charge in [0.1, 0.15) is 18.0 Å². The number of fused-ring (bicyclic) bond motifs is 1. The molecular weight excluding hydrogens is 544 g/mol. The summed E-state index contributed by atoms with van der Waals surface area (Å²) in [6, 6.07) is 13.1. The van der Waals surface area contributed by atoms with Crippen LogP contribution in [0.5, 0.6) is 5.75 Å². The molecule has 2 amide bonds. The second-order valence-corrected chi connectivity index (χ2v) is 9.43. The molecule has 188 valence electrons. The second-order valence-electron chi connectivity index (χ2n) is 8.13. The highest BCUT2D eigenvalue weighted by atomic mass is 79.9. The molecule has 4 rings (SSSR count). The first-order chi connectivity index (χ1) is 17.4. The summed E-state index contributed by atoms with van der Waals surface area (Å²) in [7, 11) is 1.63. The van der Waals surface area contributed by atoms with Crippen molar-refractivity contribution in [2.45, 2.75) is 19.9 Å². The molecule has 8 nitrogen and oxygen atoms in total. The second kappa shape index (κ2) is 11.7. The van der Waals surface area contributed by atoms with Crippen molar-refractivity contribution in [3.05, 3.63) is 64.4 Å². The van der Waals surface area contributed by atoms with Crippen LogP contribution in [0.15, 0.2) is 58.8 Å². The summed E-state index contributed by atoms with van der Waals surface area (Å²) in [5.41, 5.74) is 2.69. The first-order valence-electron chi connectivity index (χ1n) is 11.5.